The zero-order chi connectivity index (χ0) is 17.9. The minimum atomic E-state index is -0.763. The van der Waals surface area contributed by atoms with E-state index in [1.54, 1.807) is 24.3 Å². The monoisotopic (exact) mass is 346 g/mol. The van der Waals surface area contributed by atoms with E-state index in [-0.39, 0.29) is 11.1 Å². The molecular formula is C21H30O4. The minimum absolute atomic E-state index is 0.290. The molecule has 4 heteroatoms. The van der Waals surface area contributed by atoms with Gasteiger partial charge in [-0.3, -0.25) is 0 Å². The Labute approximate surface area is 150 Å². The van der Waals surface area contributed by atoms with E-state index in [1.165, 1.54) is 51.4 Å². The molecule has 4 nitrogen and oxygen atoms in total. The van der Waals surface area contributed by atoms with Gasteiger partial charge in [-0.25, -0.2) is 9.59 Å². The maximum absolute atomic E-state index is 12.1. The van der Waals surface area contributed by atoms with Crippen molar-refractivity contribution in [3.05, 3.63) is 35.4 Å². The number of cyclic esters (lactones) is 2. The second-order valence-corrected chi connectivity index (χ2v) is 6.76. The van der Waals surface area contributed by atoms with Gasteiger partial charge in [-0.2, -0.15) is 0 Å². The van der Waals surface area contributed by atoms with Crippen molar-refractivity contribution < 1.29 is 19.1 Å². The van der Waals surface area contributed by atoms with Crippen LogP contribution in [0.3, 0.4) is 0 Å². The van der Waals surface area contributed by atoms with Crippen LogP contribution >= 0.6 is 0 Å². The Morgan fingerprint density at radius 1 is 0.720 bits per heavy atom. The minimum Gasteiger partial charge on any atom is -0.422 e. The summed E-state index contributed by atoms with van der Waals surface area (Å²) in [5.41, 5.74) is 0.580. The SMILES string of the molecule is CCCCCCCCCCCCC1OC(=O)c2ccccc2C(=O)O1. The molecule has 0 spiro atoms. The van der Waals surface area contributed by atoms with Crippen LogP contribution in [0.2, 0.25) is 0 Å². The molecule has 0 fully saturated rings. The summed E-state index contributed by atoms with van der Waals surface area (Å²) in [6, 6.07) is 6.63. The fourth-order valence-electron chi connectivity index (χ4n) is 3.15. The van der Waals surface area contributed by atoms with Crippen LogP contribution in [0.25, 0.3) is 0 Å². The molecule has 0 atom stereocenters. The molecule has 0 saturated heterocycles. The standard InChI is InChI=1S/C21H30O4/c1-2-3-4-5-6-7-8-9-10-11-16-19-24-20(22)17-14-12-13-15-18(17)21(23)25-19/h12-15,19H,2-11,16H2,1H3. The Bertz CT molecular complexity index is 516. The van der Waals surface area contributed by atoms with Crippen molar-refractivity contribution in [2.45, 2.75) is 83.8 Å². The average Bonchev–Trinajstić information content (AvgIpc) is 2.74. The summed E-state index contributed by atoms with van der Waals surface area (Å²) in [5, 5.41) is 0. The molecular weight excluding hydrogens is 316 g/mol. The van der Waals surface area contributed by atoms with E-state index >= 15 is 0 Å². The van der Waals surface area contributed by atoms with Gasteiger partial charge in [-0.1, -0.05) is 76.8 Å². The van der Waals surface area contributed by atoms with Crippen LogP contribution in [0.4, 0.5) is 0 Å². The van der Waals surface area contributed by atoms with Crippen LogP contribution in [0.15, 0.2) is 24.3 Å². The van der Waals surface area contributed by atoms with Gasteiger partial charge in [0.05, 0.1) is 11.1 Å². The van der Waals surface area contributed by atoms with Crippen molar-refractivity contribution in [2.24, 2.45) is 0 Å². The largest absolute Gasteiger partial charge is 0.422 e. The van der Waals surface area contributed by atoms with Gasteiger partial charge in [0.25, 0.3) is 0 Å². The summed E-state index contributed by atoms with van der Waals surface area (Å²) in [6.07, 6.45) is 12.2. The molecule has 1 aliphatic heterocycles. The van der Waals surface area contributed by atoms with Gasteiger partial charge in [0.1, 0.15) is 0 Å². The van der Waals surface area contributed by atoms with Crippen LogP contribution < -0.4 is 0 Å². The van der Waals surface area contributed by atoms with Gasteiger partial charge in [0.2, 0.25) is 6.29 Å². The predicted octanol–water partition coefficient (Wildman–Crippen LogP) is 5.65. The Balaban J connectivity index is 1.61. The van der Waals surface area contributed by atoms with Gasteiger partial charge >= 0.3 is 11.9 Å². The van der Waals surface area contributed by atoms with Crippen LogP contribution in [-0.2, 0) is 9.47 Å². The van der Waals surface area contributed by atoms with E-state index in [1.807, 2.05) is 0 Å². The number of esters is 2. The second-order valence-electron chi connectivity index (χ2n) is 6.76. The maximum Gasteiger partial charge on any atom is 0.342 e. The van der Waals surface area contributed by atoms with Gasteiger partial charge < -0.3 is 9.47 Å². The van der Waals surface area contributed by atoms with Gasteiger partial charge in [0.15, 0.2) is 0 Å². The molecule has 1 aromatic carbocycles. The van der Waals surface area contributed by atoms with Crippen molar-refractivity contribution in [3.8, 4) is 0 Å². The van der Waals surface area contributed by atoms with E-state index < -0.39 is 18.2 Å². The van der Waals surface area contributed by atoms with E-state index in [0.29, 0.717) is 6.42 Å². The summed E-state index contributed by atoms with van der Waals surface area (Å²) in [4.78, 5) is 24.2. The van der Waals surface area contributed by atoms with E-state index in [2.05, 4.69) is 6.92 Å². The number of ether oxygens (including phenoxy) is 2. The Kier molecular flexibility index (Phi) is 8.50. The molecule has 0 N–H and O–H groups in total. The molecule has 1 heterocycles. The molecule has 25 heavy (non-hydrogen) atoms. The summed E-state index contributed by atoms with van der Waals surface area (Å²) < 4.78 is 10.6. The number of fused-ring (bicyclic) bond motifs is 1. The van der Waals surface area contributed by atoms with E-state index in [9.17, 15) is 9.59 Å². The van der Waals surface area contributed by atoms with Crippen molar-refractivity contribution in [3.63, 3.8) is 0 Å². The first-order chi connectivity index (χ1) is 12.2. The third-order valence-electron chi connectivity index (χ3n) is 4.64. The molecule has 0 aromatic heterocycles. The van der Waals surface area contributed by atoms with Crippen LogP contribution in [0.1, 0.15) is 98.3 Å². The summed E-state index contributed by atoms with van der Waals surface area (Å²) in [6.45, 7) is 2.24. The molecule has 0 saturated carbocycles. The predicted molar refractivity (Wildman–Crippen MR) is 97.5 cm³/mol. The number of unbranched alkanes of at least 4 members (excludes halogenated alkanes) is 9. The molecule has 0 unspecified atom stereocenters. The zero-order valence-corrected chi connectivity index (χ0v) is 15.3. The number of carbonyl (C=O) groups is 2. The third kappa shape index (κ3) is 6.52. The molecule has 1 aromatic rings. The molecule has 2 rings (SSSR count). The lowest BCUT2D eigenvalue weighted by Gasteiger charge is -2.14. The lowest BCUT2D eigenvalue weighted by Crippen LogP contribution is -2.20. The highest BCUT2D eigenvalue weighted by molar-refractivity contribution is 6.04. The van der Waals surface area contributed by atoms with Crippen LogP contribution in [-0.4, -0.2) is 18.2 Å². The van der Waals surface area contributed by atoms with Gasteiger partial charge in [-0.05, 0) is 18.6 Å². The smallest absolute Gasteiger partial charge is 0.342 e. The summed E-state index contributed by atoms with van der Waals surface area (Å²) in [5.74, 6) is -0.947. The lowest BCUT2D eigenvalue weighted by atomic mass is 10.1. The van der Waals surface area contributed by atoms with Crippen molar-refractivity contribution in [1.82, 2.24) is 0 Å². The van der Waals surface area contributed by atoms with Crippen LogP contribution in [0.5, 0.6) is 0 Å². The first-order valence-electron chi connectivity index (χ1n) is 9.73. The fourth-order valence-corrected chi connectivity index (χ4v) is 3.15. The quantitative estimate of drug-likeness (QED) is 0.384. The van der Waals surface area contributed by atoms with Crippen LogP contribution in [0, 0.1) is 0 Å². The lowest BCUT2D eigenvalue weighted by molar-refractivity contribution is -0.0801. The van der Waals surface area contributed by atoms with E-state index in [4.69, 9.17) is 9.47 Å². The topological polar surface area (TPSA) is 52.6 Å². The summed E-state index contributed by atoms with van der Waals surface area (Å²) >= 11 is 0. The highest BCUT2D eigenvalue weighted by Crippen LogP contribution is 2.21. The molecule has 0 amide bonds. The van der Waals surface area contributed by atoms with Crippen molar-refractivity contribution in [2.75, 3.05) is 0 Å². The first-order valence-corrected chi connectivity index (χ1v) is 9.73. The number of rotatable bonds is 11. The zero-order valence-electron chi connectivity index (χ0n) is 15.3. The highest BCUT2D eigenvalue weighted by Gasteiger charge is 2.29. The second kappa shape index (κ2) is 10.9. The average molecular weight is 346 g/mol. The summed E-state index contributed by atoms with van der Waals surface area (Å²) in [7, 11) is 0. The molecule has 1 aliphatic rings. The van der Waals surface area contributed by atoms with Gasteiger partial charge in [-0.15, -0.1) is 0 Å². The van der Waals surface area contributed by atoms with Crippen molar-refractivity contribution >= 4 is 11.9 Å². The number of carbonyl (C=O) groups excluding carboxylic acids is 2. The first kappa shape index (κ1) is 19.5. The highest BCUT2D eigenvalue weighted by atomic mass is 16.7. The molecule has 138 valence electrons. The number of hydrogen-bond acceptors (Lipinski definition) is 4. The molecule has 0 bridgehead atoms. The Morgan fingerprint density at radius 3 is 1.64 bits per heavy atom. The maximum atomic E-state index is 12.1. The van der Waals surface area contributed by atoms with Crippen molar-refractivity contribution in [1.29, 1.82) is 0 Å². The molecule has 0 aliphatic carbocycles. The number of hydrogen-bond donors (Lipinski definition) is 0. The third-order valence-corrected chi connectivity index (χ3v) is 4.64. The van der Waals surface area contributed by atoms with Gasteiger partial charge in [0, 0.05) is 6.42 Å². The number of benzene rings is 1. The Hall–Kier alpha value is -1.84. The fraction of sp³-hybridized carbons (Fsp3) is 0.619. The normalized spacial score (nSPS) is 14.6. The molecule has 0 radical (unpaired) electrons. The van der Waals surface area contributed by atoms with E-state index in [0.717, 1.165) is 12.8 Å². The Morgan fingerprint density at radius 2 is 1.16 bits per heavy atom.